The van der Waals surface area contributed by atoms with Crippen LogP contribution < -0.4 is 5.32 Å². The smallest absolute Gasteiger partial charge is 0.344 e. The van der Waals surface area contributed by atoms with Crippen LogP contribution in [0.5, 0.6) is 0 Å². The van der Waals surface area contributed by atoms with E-state index in [2.05, 4.69) is 14.5 Å². The lowest BCUT2D eigenvalue weighted by molar-refractivity contribution is -0.144. The van der Waals surface area contributed by atoms with E-state index in [0.29, 0.717) is 11.3 Å². The topological polar surface area (TPSA) is 111 Å². The van der Waals surface area contributed by atoms with Crippen molar-refractivity contribution in [2.75, 3.05) is 19.0 Å². The minimum absolute atomic E-state index is 0.144. The molecule has 0 aliphatic carbocycles. The predicted octanol–water partition coefficient (Wildman–Crippen LogP) is 1.58. The zero-order valence-corrected chi connectivity index (χ0v) is 14.4. The van der Waals surface area contributed by atoms with Crippen LogP contribution in [0, 0.1) is 0 Å². The third-order valence-electron chi connectivity index (χ3n) is 3.56. The fourth-order valence-corrected chi connectivity index (χ4v) is 3.46. The lowest BCUT2D eigenvalue weighted by atomic mass is 10.1. The molecule has 1 aliphatic heterocycles. The number of nitrogens with one attached hydrogen (secondary N) is 1. The third-order valence-corrected chi connectivity index (χ3v) is 4.90. The summed E-state index contributed by atoms with van der Waals surface area (Å²) in [6, 6.07) is 12.6. The SMILES string of the molecule is COC(=O)COC(=O)c1ccc(NC2=NS(=O)(=O)c3ccccc32)cc1. The molecule has 8 nitrogen and oxygen atoms in total. The Kier molecular flexibility index (Phi) is 4.72. The summed E-state index contributed by atoms with van der Waals surface area (Å²) in [6.07, 6.45) is 0. The maximum atomic E-state index is 12.0. The van der Waals surface area contributed by atoms with E-state index in [4.69, 9.17) is 4.74 Å². The highest BCUT2D eigenvalue weighted by molar-refractivity contribution is 7.90. The highest BCUT2D eigenvalue weighted by Crippen LogP contribution is 2.26. The van der Waals surface area contributed by atoms with Crippen LogP contribution in [0.25, 0.3) is 0 Å². The number of hydrogen-bond acceptors (Lipinski definition) is 7. The van der Waals surface area contributed by atoms with Crippen LogP contribution in [-0.2, 0) is 24.3 Å². The van der Waals surface area contributed by atoms with Crippen molar-refractivity contribution in [3.05, 3.63) is 59.7 Å². The van der Waals surface area contributed by atoms with Crippen molar-refractivity contribution in [3.63, 3.8) is 0 Å². The minimum atomic E-state index is -3.71. The standard InChI is InChI=1S/C17H14N2O6S/c1-24-15(20)10-25-17(21)11-6-8-12(9-7-11)18-16-13-4-2-3-5-14(13)26(22,23)19-16/h2-9H,10H2,1H3,(H,18,19). The van der Waals surface area contributed by atoms with Crippen LogP contribution in [0.2, 0.25) is 0 Å². The Bertz CT molecular complexity index is 996. The van der Waals surface area contributed by atoms with Gasteiger partial charge in [-0.15, -0.1) is 4.40 Å². The van der Waals surface area contributed by atoms with Gasteiger partial charge < -0.3 is 14.8 Å². The van der Waals surface area contributed by atoms with Gasteiger partial charge in [0.1, 0.15) is 4.90 Å². The van der Waals surface area contributed by atoms with Crippen molar-refractivity contribution in [2.45, 2.75) is 4.90 Å². The van der Waals surface area contributed by atoms with E-state index in [1.807, 2.05) is 0 Å². The highest BCUT2D eigenvalue weighted by atomic mass is 32.2. The Balaban J connectivity index is 1.73. The quantitative estimate of drug-likeness (QED) is 0.809. The number of amidine groups is 1. The van der Waals surface area contributed by atoms with Crippen LogP contribution in [0.1, 0.15) is 15.9 Å². The summed E-state index contributed by atoms with van der Waals surface area (Å²) >= 11 is 0. The largest absolute Gasteiger partial charge is 0.466 e. The number of benzene rings is 2. The van der Waals surface area contributed by atoms with E-state index in [1.165, 1.54) is 25.3 Å². The van der Waals surface area contributed by atoms with Gasteiger partial charge in [-0.25, -0.2) is 9.59 Å². The number of fused-ring (bicyclic) bond motifs is 1. The number of carbonyl (C=O) groups excluding carboxylic acids is 2. The molecule has 0 amide bonds. The molecule has 9 heteroatoms. The van der Waals surface area contributed by atoms with Gasteiger partial charge in [0.15, 0.2) is 12.4 Å². The molecule has 0 unspecified atom stereocenters. The molecule has 0 spiro atoms. The molecule has 0 atom stereocenters. The van der Waals surface area contributed by atoms with Gasteiger partial charge in [0, 0.05) is 11.3 Å². The van der Waals surface area contributed by atoms with Crippen molar-refractivity contribution in [2.24, 2.45) is 4.40 Å². The van der Waals surface area contributed by atoms with Crippen molar-refractivity contribution in [1.82, 2.24) is 0 Å². The van der Waals surface area contributed by atoms with E-state index in [-0.39, 0.29) is 16.3 Å². The van der Waals surface area contributed by atoms with Crippen molar-refractivity contribution >= 4 is 33.5 Å². The Morgan fingerprint density at radius 3 is 2.46 bits per heavy atom. The summed E-state index contributed by atoms with van der Waals surface area (Å²) in [4.78, 5) is 22.9. The summed E-state index contributed by atoms with van der Waals surface area (Å²) in [7, 11) is -2.51. The van der Waals surface area contributed by atoms with Crippen LogP contribution >= 0.6 is 0 Å². The molecule has 0 aromatic heterocycles. The molecule has 0 fully saturated rings. The number of ether oxygens (including phenoxy) is 2. The number of sulfonamides is 1. The molecule has 2 aromatic carbocycles. The van der Waals surface area contributed by atoms with Crippen molar-refractivity contribution in [3.8, 4) is 0 Å². The fourth-order valence-electron chi connectivity index (χ4n) is 2.29. The van der Waals surface area contributed by atoms with Gasteiger partial charge in [0.05, 0.1) is 12.7 Å². The molecule has 0 saturated carbocycles. The number of hydrogen-bond donors (Lipinski definition) is 1. The molecule has 2 aromatic rings. The normalized spacial score (nSPS) is 14.1. The molecule has 3 rings (SSSR count). The highest BCUT2D eigenvalue weighted by Gasteiger charge is 2.28. The summed E-state index contributed by atoms with van der Waals surface area (Å²) in [5.41, 5.74) is 1.26. The minimum Gasteiger partial charge on any atom is -0.466 e. The third kappa shape index (κ3) is 3.57. The maximum Gasteiger partial charge on any atom is 0.344 e. The average molecular weight is 374 g/mol. The monoisotopic (exact) mass is 374 g/mol. The molecular weight excluding hydrogens is 360 g/mol. The van der Waals surface area contributed by atoms with Gasteiger partial charge in [-0.3, -0.25) is 0 Å². The molecule has 26 heavy (non-hydrogen) atoms. The van der Waals surface area contributed by atoms with Gasteiger partial charge in [-0.1, -0.05) is 12.1 Å². The molecule has 1 N–H and O–H groups in total. The predicted molar refractivity (Wildman–Crippen MR) is 92.5 cm³/mol. The molecule has 1 aliphatic rings. The number of methoxy groups -OCH3 is 1. The number of nitrogens with zero attached hydrogens (tertiary/aromatic N) is 1. The zero-order valence-electron chi connectivity index (χ0n) is 13.6. The second-order valence-electron chi connectivity index (χ2n) is 5.27. The number of carbonyl (C=O) groups is 2. The molecule has 0 saturated heterocycles. The number of anilines is 1. The molecule has 1 heterocycles. The molecular formula is C17H14N2O6S. The first-order valence-corrected chi connectivity index (χ1v) is 8.90. The molecule has 134 valence electrons. The van der Waals surface area contributed by atoms with Crippen LogP contribution in [0.15, 0.2) is 57.8 Å². The van der Waals surface area contributed by atoms with E-state index in [1.54, 1.807) is 30.3 Å². The van der Waals surface area contributed by atoms with Gasteiger partial charge in [0.2, 0.25) is 0 Å². The maximum absolute atomic E-state index is 12.0. The van der Waals surface area contributed by atoms with Gasteiger partial charge in [-0.05, 0) is 36.4 Å². The van der Waals surface area contributed by atoms with Crippen LogP contribution in [-0.4, -0.2) is 39.9 Å². The van der Waals surface area contributed by atoms with Crippen molar-refractivity contribution < 1.29 is 27.5 Å². The summed E-state index contributed by atoms with van der Waals surface area (Å²) in [5.74, 6) is -1.12. The van der Waals surface area contributed by atoms with E-state index < -0.39 is 28.6 Å². The molecule has 0 radical (unpaired) electrons. The van der Waals surface area contributed by atoms with Crippen LogP contribution in [0.3, 0.4) is 0 Å². The molecule has 0 bridgehead atoms. The van der Waals surface area contributed by atoms with Gasteiger partial charge in [-0.2, -0.15) is 8.42 Å². The zero-order chi connectivity index (χ0) is 18.7. The first-order valence-electron chi connectivity index (χ1n) is 7.46. The summed E-state index contributed by atoms with van der Waals surface area (Å²) < 4.78 is 37.0. The second kappa shape index (κ2) is 6.96. The Hall–Kier alpha value is -3.20. The van der Waals surface area contributed by atoms with E-state index >= 15 is 0 Å². The fraction of sp³-hybridized carbons (Fsp3) is 0.118. The first kappa shape index (κ1) is 17.6. The second-order valence-corrected chi connectivity index (χ2v) is 6.84. The van der Waals surface area contributed by atoms with Crippen LogP contribution in [0.4, 0.5) is 5.69 Å². The van der Waals surface area contributed by atoms with Gasteiger partial charge in [0.25, 0.3) is 10.0 Å². The van der Waals surface area contributed by atoms with Crippen molar-refractivity contribution in [1.29, 1.82) is 0 Å². The van der Waals surface area contributed by atoms with Gasteiger partial charge >= 0.3 is 11.9 Å². The Labute approximate surface area is 149 Å². The Morgan fingerprint density at radius 1 is 1.08 bits per heavy atom. The van der Waals surface area contributed by atoms with E-state index in [9.17, 15) is 18.0 Å². The number of esters is 2. The lowest BCUT2D eigenvalue weighted by Crippen LogP contribution is -2.15. The van der Waals surface area contributed by atoms with E-state index in [0.717, 1.165) is 0 Å². The average Bonchev–Trinajstić information content (AvgIpc) is 2.90. The summed E-state index contributed by atoms with van der Waals surface area (Å²) in [5, 5.41) is 2.92. The first-order chi connectivity index (χ1) is 12.4. The number of rotatable bonds is 4. The Morgan fingerprint density at radius 2 is 1.77 bits per heavy atom. The summed E-state index contributed by atoms with van der Waals surface area (Å²) in [6.45, 7) is -0.471. The lowest BCUT2D eigenvalue weighted by Gasteiger charge is -2.08.